The zero-order chi connectivity index (χ0) is 16.5. The van der Waals surface area contributed by atoms with Gasteiger partial charge in [0, 0.05) is 32.1 Å². The zero-order valence-corrected chi connectivity index (χ0v) is 14.0. The van der Waals surface area contributed by atoms with E-state index >= 15 is 0 Å². The van der Waals surface area contributed by atoms with Crippen molar-refractivity contribution in [2.75, 3.05) is 13.7 Å². The first-order chi connectivity index (χ1) is 11.8. The van der Waals surface area contributed by atoms with Crippen LogP contribution in [-0.4, -0.2) is 38.3 Å². The highest BCUT2D eigenvalue weighted by atomic mass is 16.5. The molecule has 6 nitrogen and oxygen atoms in total. The molecule has 1 aromatic carbocycles. The summed E-state index contributed by atoms with van der Waals surface area (Å²) in [7, 11) is 1.69. The number of para-hydroxylation sites is 1. The Morgan fingerprint density at radius 3 is 2.88 bits per heavy atom. The van der Waals surface area contributed by atoms with Crippen molar-refractivity contribution in [1.82, 2.24) is 24.6 Å². The number of benzene rings is 1. The number of nitrogens with zero attached hydrogens (tertiary/aromatic N) is 5. The van der Waals surface area contributed by atoms with Crippen LogP contribution in [0, 0.1) is 0 Å². The number of fused-ring (bicyclic) bond motifs is 2. The van der Waals surface area contributed by atoms with E-state index in [0.717, 1.165) is 42.5 Å². The van der Waals surface area contributed by atoms with Gasteiger partial charge in [0.25, 0.3) is 0 Å². The number of hydrogen-bond acceptors (Lipinski definition) is 5. The second-order valence-corrected chi connectivity index (χ2v) is 6.20. The Labute approximate surface area is 141 Å². The lowest BCUT2D eigenvalue weighted by atomic mass is 10.1. The first-order valence-electron chi connectivity index (χ1n) is 8.26. The van der Waals surface area contributed by atoms with Crippen LogP contribution in [0.2, 0.25) is 0 Å². The largest absolute Gasteiger partial charge is 0.377 e. The maximum Gasteiger partial charge on any atom is 0.159 e. The SMILES string of the molecule is COCc1nnc2n1CCN(Cc1ccc3ccccc3n1)C2C. The first-order valence-corrected chi connectivity index (χ1v) is 8.26. The lowest BCUT2D eigenvalue weighted by Gasteiger charge is -2.33. The van der Waals surface area contributed by atoms with Crippen molar-refractivity contribution in [2.45, 2.75) is 32.7 Å². The number of hydrogen-bond donors (Lipinski definition) is 0. The molecule has 1 unspecified atom stereocenters. The molecule has 1 atom stereocenters. The van der Waals surface area contributed by atoms with Crippen LogP contribution in [0.5, 0.6) is 0 Å². The van der Waals surface area contributed by atoms with E-state index in [0.29, 0.717) is 6.61 Å². The van der Waals surface area contributed by atoms with Gasteiger partial charge in [0.15, 0.2) is 5.82 Å². The number of methoxy groups -OCH3 is 1. The van der Waals surface area contributed by atoms with Crippen LogP contribution in [-0.2, 0) is 24.4 Å². The van der Waals surface area contributed by atoms with Crippen molar-refractivity contribution in [3.8, 4) is 0 Å². The van der Waals surface area contributed by atoms with Crippen LogP contribution in [0.4, 0.5) is 0 Å². The highest BCUT2D eigenvalue weighted by Crippen LogP contribution is 2.26. The quantitative estimate of drug-likeness (QED) is 0.738. The maximum absolute atomic E-state index is 5.20. The van der Waals surface area contributed by atoms with E-state index in [9.17, 15) is 0 Å². The fourth-order valence-corrected chi connectivity index (χ4v) is 3.34. The molecule has 0 radical (unpaired) electrons. The molecule has 3 heterocycles. The predicted octanol–water partition coefficient (Wildman–Crippen LogP) is 2.55. The minimum Gasteiger partial charge on any atom is -0.377 e. The monoisotopic (exact) mass is 323 g/mol. The topological polar surface area (TPSA) is 56.1 Å². The molecule has 2 aromatic heterocycles. The summed E-state index contributed by atoms with van der Waals surface area (Å²) in [4.78, 5) is 7.19. The molecule has 6 heteroatoms. The molecular formula is C18H21N5O. The van der Waals surface area contributed by atoms with Gasteiger partial charge in [-0.25, -0.2) is 0 Å². The maximum atomic E-state index is 5.20. The van der Waals surface area contributed by atoms with Gasteiger partial charge >= 0.3 is 0 Å². The minimum absolute atomic E-state index is 0.213. The van der Waals surface area contributed by atoms with Crippen molar-refractivity contribution in [3.05, 3.63) is 53.7 Å². The molecule has 4 rings (SSSR count). The number of pyridine rings is 1. The summed E-state index contributed by atoms with van der Waals surface area (Å²) in [6.45, 7) is 5.35. The summed E-state index contributed by atoms with van der Waals surface area (Å²) < 4.78 is 7.38. The summed E-state index contributed by atoms with van der Waals surface area (Å²) in [6, 6.07) is 12.7. The summed E-state index contributed by atoms with van der Waals surface area (Å²) >= 11 is 0. The molecule has 0 amide bonds. The Kier molecular flexibility index (Phi) is 4.00. The van der Waals surface area contributed by atoms with E-state index in [4.69, 9.17) is 9.72 Å². The smallest absolute Gasteiger partial charge is 0.159 e. The molecule has 3 aromatic rings. The van der Waals surface area contributed by atoms with Crippen LogP contribution in [0.3, 0.4) is 0 Å². The van der Waals surface area contributed by atoms with Gasteiger partial charge in [-0.1, -0.05) is 24.3 Å². The normalized spacial score (nSPS) is 18.0. The second-order valence-electron chi connectivity index (χ2n) is 6.20. The van der Waals surface area contributed by atoms with Gasteiger partial charge in [-0.15, -0.1) is 10.2 Å². The van der Waals surface area contributed by atoms with Gasteiger partial charge < -0.3 is 9.30 Å². The third-order valence-electron chi connectivity index (χ3n) is 4.68. The summed E-state index contributed by atoms with van der Waals surface area (Å²) in [5, 5.41) is 9.81. The average molecular weight is 323 g/mol. The molecule has 1 aliphatic rings. The second kappa shape index (κ2) is 6.30. The molecule has 0 bridgehead atoms. The standard InChI is InChI=1S/C18H21N5O/c1-13-18-21-20-17(12-24-2)23(18)10-9-22(13)11-15-8-7-14-5-3-4-6-16(14)19-15/h3-8,13H,9-12H2,1-2H3. The van der Waals surface area contributed by atoms with Gasteiger partial charge in [-0.05, 0) is 19.1 Å². The van der Waals surface area contributed by atoms with Gasteiger partial charge in [0.1, 0.15) is 12.4 Å². The number of aromatic nitrogens is 4. The Balaban J connectivity index is 1.56. The van der Waals surface area contributed by atoms with Crippen LogP contribution in [0.1, 0.15) is 30.3 Å². The van der Waals surface area contributed by atoms with Gasteiger partial charge in [-0.2, -0.15) is 0 Å². The van der Waals surface area contributed by atoms with E-state index in [1.807, 2.05) is 12.1 Å². The molecule has 24 heavy (non-hydrogen) atoms. The zero-order valence-electron chi connectivity index (χ0n) is 14.0. The highest BCUT2D eigenvalue weighted by Gasteiger charge is 2.28. The average Bonchev–Trinajstić information content (AvgIpc) is 3.01. The Morgan fingerprint density at radius 1 is 1.12 bits per heavy atom. The van der Waals surface area contributed by atoms with Crippen molar-refractivity contribution >= 4 is 10.9 Å². The lowest BCUT2D eigenvalue weighted by Crippen LogP contribution is -2.37. The van der Waals surface area contributed by atoms with Crippen molar-refractivity contribution in [3.63, 3.8) is 0 Å². The van der Waals surface area contributed by atoms with E-state index in [2.05, 4.69) is 50.9 Å². The predicted molar refractivity (Wildman–Crippen MR) is 91.3 cm³/mol. The van der Waals surface area contributed by atoms with E-state index < -0.39 is 0 Å². The van der Waals surface area contributed by atoms with E-state index in [-0.39, 0.29) is 6.04 Å². The summed E-state index contributed by atoms with van der Waals surface area (Å²) in [5.41, 5.74) is 2.14. The van der Waals surface area contributed by atoms with Gasteiger partial charge in [-0.3, -0.25) is 9.88 Å². The first kappa shape index (κ1) is 15.2. The van der Waals surface area contributed by atoms with Crippen LogP contribution >= 0.6 is 0 Å². The van der Waals surface area contributed by atoms with Crippen molar-refractivity contribution in [2.24, 2.45) is 0 Å². The Bertz CT molecular complexity index is 859. The minimum atomic E-state index is 0.213. The summed E-state index contributed by atoms with van der Waals surface area (Å²) in [6.07, 6.45) is 0. The van der Waals surface area contributed by atoms with E-state index in [1.165, 1.54) is 5.39 Å². The molecule has 1 aliphatic heterocycles. The Hall–Kier alpha value is -2.31. The van der Waals surface area contributed by atoms with Crippen LogP contribution in [0.25, 0.3) is 10.9 Å². The highest BCUT2D eigenvalue weighted by molar-refractivity contribution is 5.78. The van der Waals surface area contributed by atoms with Gasteiger partial charge in [0.2, 0.25) is 0 Å². The van der Waals surface area contributed by atoms with E-state index in [1.54, 1.807) is 7.11 Å². The lowest BCUT2D eigenvalue weighted by molar-refractivity contribution is 0.142. The van der Waals surface area contributed by atoms with Crippen molar-refractivity contribution in [1.29, 1.82) is 0 Å². The Morgan fingerprint density at radius 2 is 2.00 bits per heavy atom. The molecule has 0 fully saturated rings. The third-order valence-corrected chi connectivity index (χ3v) is 4.68. The molecule has 124 valence electrons. The molecule has 0 saturated heterocycles. The number of rotatable bonds is 4. The molecule has 0 saturated carbocycles. The molecule has 0 aliphatic carbocycles. The third kappa shape index (κ3) is 2.68. The fourth-order valence-electron chi connectivity index (χ4n) is 3.34. The fraction of sp³-hybridized carbons (Fsp3) is 0.389. The van der Waals surface area contributed by atoms with Crippen LogP contribution < -0.4 is 0 Å². The van der Waals surface area contributed by atoms with Gasteiger partial charge in [0.05, 0.1) is 17.3 Å². The molecule has 0 spiro atoms. The van der Waals surface area contributed by atoms with Crippen LogP contribution in [0.15, 0.2) is 36.4 Å². The van der Waals surface area contributed by atoms with Crippen molar-refractivity contribution < 1.29 is 4.74 Å². The molecule has 0 N–H and O–H groups in total. The number of ether oxygens (including phenoxy) is 1. The molecular weight excluding hydrogens is 302 g/mol. The summed E-state index contributed by atoms with van der Waals surface area (Å²) in [5.74, 6) is 1.91.